The number of β-amino-alcohol motifs (C(OH)–C–C–N with tert-alkyl or cyclic N) is 1. The first-order chi connectivity index (χ1) is 15.7. The molecule has 0 aliphatic carbocycles. The summed E-state index contributed by atoms with van der Waals surface area (Å²) in [4.78, 5) is 13.2. The second kappa shape index (κ2) is 13.4. The number of carbonyl (C=O) groups is 1. The number of halogens is 1. The van der Waals surface area contributed by atoms with Crippen LogP contribution in [-0.2, 0) is 16.0 Å². The molecule has 33 heavy (non-hydrogen) atoms. The molecule has 182 valence electrons. The lowest BCUT2D eigenvalue weighted by Crippen LogP contribution is -2.38. The second-order valence-corrected chi connectivity index (χ2v) is 8.85. The standard InChI is InChI=1S/C27H38FNO4/c1-5-21(16-26(28)19(2)3)15-23-10-8-14-29(23)17-24(30)18-33-20(4)25-11-7-6-9-22(25)12-13-27(31)32/h5-7,9,11,16,20,23-24,30H,2,8,10,12-15,17-18H2,1,3-4H3,(H,31,32)/b21-5-,26-16+/t20-,23+,24?/m1/s1. The number of benzene rings is 1. The Bertz CT molecular complexity index is 863. The third-order valence-corrected chi connectivity index (χ3v) is 6.15. The zero-order chi connectivity index (χ0) is 24.4. The van der Waals surface area contributed by atoms with Gasteiger partial charge < -0.3 is 14.9 Å². The first-order valence-electron chi connectivity index (χ1n) is 11.7. The quantitative estimate of drug-likeness (QED) is 0.388. The van der Waals surface area contributed by atoms with Crippen LogP contribution in [0.25, 0.3) is 0 Å². The van der Waals surface area contributed by atoms with Gasteiger partial charge in [0.05, 0.1) is 18.8 Å². The van der Waals surface area contributed by atoms with E-state index < -0.39 is 12.1 Å². The van der Waals surface area contributed by atoms with Crippen LogP contribution in [0.4, 0.5) is 4.39 Å². The molecule has 1 heterocycles. The van der Waals surface area contributed by atoms with Gasteiger partial charge in [-0.25, -0.2) is 4.39 Å². The number of aryl methyl sites for hydroxylation is 1. The highest BCUT2D eigenvalue weighted by atomic mass is 19.1. The van der Waals surface area contributed by atoms with Gasteiger partial charge in [-0.2, -0.15) is 0 Å². The minimum absolute atomic E-state index is 0.0718. The van der Waals surface area contributed by atoms with Crippen LogP contribution < -0.4 is 0 Å². The first kappa shape index (κ1) is 27.0. The number of rotatable bonds is 13. The molecule has 0 amide bonds. The molecule has 2 N–H and O–H groups in total. The Morgan fingerprint density at radius 3 is 2.79 bits per heavy atom. The fourth-order valence-electron chi connectivity index (χ4n) is 4.25. The van der Waals surface area contributed by atoms with E-state index in [1.54, 1.807) is 13.0 Å². The summed E-state index contributed by atoms with van der Waals surface area (Å²) in [6, 6.07) is 7.93. The lowest BCUT2D eigenvalue weighted by Gasteiger charge is -2.28. The first-order valence-corrected chi connectivity index (χ1v) is 11.7. The fourth-order valence-corrected chi connectivity index (χ4v) is 4.25. The van der Waals surface area contributed by atoms with Crippen LogP contribution in [-0.4, -0.2) is 52.9 Å². The Balaban J connectivity index is 1.90. The SMILES string of the molecule is C=C(C)/C(F)=C\C(=C/C)C[C@@H]1CCCN1CC(O)CO[C@H](C)c1ccccc1CCC(=O)O. The molecular formula is C27H38FNO4. The fraction of sp³-hybridized carbons (Fsp3) is 0.519. The summed E-state index contributed by atoms with van der Waals surface area (Å²) in [5, 5.41) is 19.6. The zero-order valence-corrected chi connectivity index (χ0v) is 20.1. The molecule has 0 spiro atoms. The number of carboxylic acid groups (broad SMARTS) is 1. The van der Waals surface area contributed by atoms with Gasteiger partial charge in [-0.05, 0) is 81.3 Å². The van der Waals surface area contributed by atoms with Crippen molar-refractivity contribution in [3.05, 3.63) is 71.1 Å². The smallest absolute Gasteiger partial charge is 0.303 e. The number of aliphatic hydroxyl groups excluding tert-OH is 1. The highest BCUT2D eigenvalue weighted by Crippen LogP contribution is 2.26. The number of aliphatic carboxylic acids is 1. The van der Waals surface area contributed by atoms with Gasteiger partial charge in [0.25, 0.3) is 0 Å². The predicted molar refractivity (Wildman–Crippen MR) is 130 cm³/mol. The molecule has 6 heteroatoms. The number of likely N-dealkylation sites (tertiary alicyclic amines) is 1. The summed E-state index contributed by atoms with van der Waals surface area (Å²) in [6.07, 6.45) is 5.92. The van der Waals surface area contributed by atoms with Crippen molar-refractivity contribution in [1.29, 1.82) is 0 Å². The van der Waals surface area contributed by atoms with E-state index in [0.29, 0.717) is 18.5 Å². The number of carboxylic acids is 1. The van der Waals surface area contributed by atoms with Crippen LogP contribution >= 0.6 is 0 Å². The van der Waals surface area contributed by atoms with E-state index in [1.165, 1.54) is 0 Å². The van der Waals surface area contributed by atoms with Gasteiger partial charge in [0.15, 0.2) is 0 Å². The molecule has 1 aliphatic rings. The van der Waals surface area contributed by atoms with Gasteiger partial charge in [0.2, 0.25) is 0 Å². The van der Waals surface area contributed by atoms with Crippen molar-refractivity contribution >= 4 is 5.97 Å². The third-order valence-electron chi connectivity index (χ3n) is 6.15. The maximum absolute atomic E-state index is 14.0. The van der Waals surface area contributed by atoms with Gasteiger partial charge in [-0.1, -0.05) is 36.9 Å². The maximum atomic E-state index is 14.0. The van der Waals surface area contributed by atoms with Crippen molar-refractivity contribution < 1.29 is 24.1 Å². The van der Waals surface area contributed by atoms with Crippen molar-refractivity contribution in [3.8, 4) is 0 Å². The summed E-state index contributed by atoms with van der Waals surface area (Å²) in [7, 11) is 0. The summed E-state index contributed by atoms with van der Waals surface area (Å²) >= 11 is 0. The summed E-state index contributed by atoms with van der Waals surface area (Å²) < 4.78 is 20.0. The van der Waals surface area contributed by atoms with Crippen LogP contribution in [0.15, 0.2) is 60.0 Å². The highest BCUT2D eigenvalue weighted by Gasteiger charge is 2.27. The molecule has 0 radical (unpaired) electrons. The molecule has 2 rings (SSSR count). The van der Waals surface area contributed by atoms with Gasteiger partial charge in [-0.3, -0.25) is 9.69 Å². The summed E-state index contributed by atoms with van der Waals surface area (Å²) in [5.41, 5.74) is 3.26. The van der Waals surface area contributed by atoms with E-state index in [1.807, 2.05) is 44.2 Å². The Morgan fingerprint density at radius 2 is 2.12 bits per heavy atom. The van der Waals surface area contributed by atoms with E-state index in [2.05, 4.69) is 11.5 Å². The Hall–Kier alpha value is -2.28. The molecule has 1 unspecified atom stereocenters. The number of hydrogen-bond donors (Lipinski definition) is 2. The van der Waals surface area contributed by atoms with Gasteiger partial charge in [0, 0.05) is 19.0 Å². The molecule has 1 aliphatic heterocycles. The van der Waals surface area contributed by atoms with E-state index in [9.17, 15) is 14.3 Å². The van der Waals surface area contributed by atoms with Crippen LogP contribution in [0.2, 0.25) is 0 Å². The Labute approximate surface area is 197 Å². The molecule has 3 atom stereocenters. The lowest BCUT2D eigenvalue weighted by atomic mass is 9.99. The minimum atomic E-state index is -0.826. The van der Waals surface area contributed by atoms with E-state index in [0.717, 1.165) is 42.5 Å². The lowest BCUT2D eigenvalue weighted by molar-refractivity contribution is -0.136. The molecule has 1 saturated heterocycles. The Kier molecular flexibility index (Phi) is 11.0. The molecule has 1 fully saturated rings. The predicted octanol–water partition coefficient (Wildman–Crippen LogP) is 5.37. The number of hydrogen-bond acceptors (Lipinski definition) is 4. The van der Waals surface area contributed by atoms with Crippen molar-refractivity contribution in [2.24, 2.45) is 0 Å². The highest BCUT2D eigenvalue weighted by molar-refractivity contribution is 5.67. The third kappa shape index (κ3) is 8.88. The number of nitrogens with zero attached hydrogens (tertiary/aromatic N) is 1. The monoisotopic (exact) mass is 459 g/mol. The van der Waals surface area contributed by atoms with Gasteiger partial charge in [-0.15, -0.1) is 0 Å². The Morgan fingerprint density at radius 1 is 1.39 bits per heavy atom. The largest absolute Gasteiger partial charge is 0.481 e. The van der Waals surface area contributed by atoms with Crippen LogP contribution in [0.5, 0.6) is 0 Å². The van der Waals surface area contributed by atoms with Gasteiger partial charge >= 0.3 is 5.97 Å². The zero-order valence-electron chi connectivity index (χ0n) is 20.1. The topological polar surface area (TPSA) is 70.0 Å². The van der Waals surface area contributed by atoms with E-state index >= 15 is 0 Å². The average Bonchev–Trinajstić information content (AvgIpc) is 3.21. The van der Waals surface area contributed by atoms with Crippen molar-refractivity contribution in [3.63, 3.8) is 0 Å². The molecule has 5 nitrogen and oxygen atoms in total. The number of aliphatic hydroxyl groups is 1. The maximum Gasteiger partial charge on any atom is 0.303 e. The van der Waals surface area contributed by atoms with Crippen LogP contribution in [0.3, 0.4) is 0 Å². The molecule has 0 aromatic heterocycles. The van der Waals surface area contributed by atoms with Crippen molar-refractivity contribution in [1.82, 2.24) is 4.90 Å². The number of allylic oxidation sites excluding steroid dienone is 4. The molecule has 0 saturated carbocycles. The summed E-state index contributed by atoms with van der Waals surface area (Å²) in [5.74, 6) is -1.12. The average molecular weight is 460 g/mol. The second-order valence-electron chi connectivity index (χ2n) is 8.85. The van der Waals surface area contributed by atoms with Crippen LogP contribution in [0, 0.1) is 0 Å². The molecule has 0 bridgehead atoms. The minimum Gasteiger partial charge on any atom is -0.481 e. The van der Waals surface area contributed by atoms with Crippen molar-refractivity contribution in [2.45, 2.75) is 71.1 Å². The summed E-state index contributed by atoms with van der Waals surface area (Å²) in [6.45, 7) is 10.7. The number of ether oxygens (including phenoxy) is 1. The van der Waals surface area contributed by atoms with Gasteiger partial charge in [0.1, 0.15) is 5.83 Å². The van der Waals surface area contributed by atoms with Crippen LogP contribution in [0.1, 0.15) is 63.7 Å². The molecule has 1 aromatic rings. The molecule has 1 aromatic carbocycles. The van der Waals surface area contributed by atoms with E-state index in [4.69, 9.17) is 9.84 Å². The normalized spacial score (nSPS) is 19.5. The van der Waals surface area contributed by atoms with Crippen molar-refractivity contribution in [2.75, 3.05) is 19.7 Å². The molecular weight excluding hydrogens is 421 g/mol. The van der Waals surface area contributed by atoms with E-state index in [-0.39, 0.29) is 31.0 Å².